The molecule has 126 valence electrons. The Kier molecular flexibility index (Phi) is 4.11. The van der Waals surface area contributed by atoms with Gasteiger partial charge in [-0.2, -0.15) is 0 Å². The normalized spacial score (nSPS) is 14.4. The monoisotopic (exact) mass is 329 g/mol. The number of aromatic nitrogens is 2. The van der Waals surface area contributed by atoms with Crippen molar-refractivity contribution in [3.05, 3.63) is 61.9 Å². The molecule has 1 aliphatic carbocycles. The first-order valence-corrected chi connectivity index (χ1v) is 7.81. The van der Waals surface area contributed by atoms with Crippen molar-refractivity contribution in [3.8, 4) is 5.69 Å². The smallest absolute Gasteiger partial charge is 0.335 e. The predicted octanol–water partition coefficient (Wildman–Crippen LogP) is -0.0207. The topological polar surface area (TPSA) is 107 Å². The van der Waals surface area contributed by atoms with E-state index >= 15 is 0 Å². The van der Waals surface area contributed by atoms with Gasteiger partial charge in [0.2, 0.25) is 0 Å². The summed E-state index contributed by atoms with van der Waals surface area (Å²) in [4.78, 5) is 36.0. The number of aliphatic carboxylic acids is 1. The summed E-state index contributed by atoms with van der Waals surface area (Å²) in [6, 6.07) is 5.70. The highest BCUT2D eigenvalue weighted by molar-refractivity contribution is 5.73. The number of nitrogens with two attached hydrogens (primary N) is 1. The highest BCUT2D eigenvalue weighted by Crippen LogP contribution is 2.17. The van der Waals surface area contributed by atoms with Gasteiger partial charge in [-0.15, -0.1) is 0 Å². The molecule has 0 saturated heterocycles. The number of nitrogens with zero attached hydrogens (tertiary/aromatic N) is 2. The summed E-state index contributed by atoms with van der Waals surface area (Å²) in [6.07, 6.45) is 2.51. The van der Waals surface area contributed by atoms with Crippen molar-refractivity contribution in [1.29, 1.82) is 0 Å². The largest absolute Gasteiger partial charge is 0.480 e. The van der Waals surface area contributed by atoms with E-state index in [0.29, 0.717) is 17.7 Å². The summed E-state index contributed by atoms with van der Waals surface area (Å²) >= 11 is 0. The first-order chi connectivity index (χ1) is 11.4. The Balaban J connectivity index is 2.02. The van der Waals surface area contributed by atoms with E-state index in [4.69, 9.17) is 10.8 Å². The highest BCUT2D eigenvalue weighted by Gasteiger charge is 2.22. The third-order valence-corrected chi connectivity index (χ3v) is 4.50. The molecule has 1 aromatic carbocycles. The molecule has 0 aliphatic heterocycles. The molecule has 7 heteroatoms. The van der Waals surface area contributed by atoms with Gasteiger partial charge in [0.1, 0.15) is 6.04 Å². The van der Waals surface area contributed by atoms with Crippen LogP contribution in [0.2, 0.25) is 0 Å². The van der Waals surface area contributed by atoms with E-state index in [1.807, 2.05) is 0 Å². The molecule has 0 amide bonds. The maximum absolute atomic E-state index is 12.6. The molecule has 7 nitrogen and oxygen atoms in total. The Morgan fingerprint density at radius 2 is 1.92 bits per heavy atom. The Morgan fingerprint density at radius 3 is 2.54 bits per heavy atom. The first-order valence-electron chi connectivity index (χ1n) is 7.81. The number of benzene rings is 1. The van der Waals surface area contributed by atoms with Crippen LogP contribution in [0.15, 0.2) is 33.9 Å². The van der Waals surface area contributed by atoms with Gasteiger partial charge in [-0.3, -0.25) is 9.59 Å². The van der Waals surface area contributed by atoms with Crippen molar-refractivity contribution in [2.45, 2.75) is 31.7 Å². The molecule has 1 aromatic heterocycles. The van der Waals surface area contributed by atoms with Crippen LogP contribution < -0.4 is 17.0 Å². The van der Waals surface area contributed by atoms with Crippen LogP contribution in [-0.2, 0) is 31.1 Å². The van der Waals surface area contributed by atoms with E-state index in [2.05, 4.69) is 0 Å². The van der Waals surface area contributed by atoms with E-state index in [1.165, 1.54) is 9.13 Å². The van der Waals surface area contributed by atoms with Crippen LogP contribution in [0, 0.1) is 0 Å². The van der Waals surface area contributed by atoms with Crippen molar-refractivity contribution in [2.75, 3.05) is 0 Å². The van der Waals surface area contributed by atoms with Gasteiger partial charge < -0.3 is 15.4 Å². The minimum absolute atomic E-state index is 0.187. The number of carbonyl (C=O) groups is 1. The van der Waals surface area contributed by atoms with Gasteiger partial charge in [-0.05, 0) is 43.4 Å². The molecule has 3 N–H and O–H groups in total. The highest BCUT2D eigenvalue weighted by atomic mass is 16.4. The summed E-state index contributed by atoms with van der Waals surface area (Å²) in [7, 11) is 1.68. The van der Waals surface area contributed by atoms with Crippen LogP contribution in [0.3, 0.4) is 0 Å². The summed E-state index contributed by atoms with van der Waals surface area (Å²) in [5.74, 6) is -1.07. The van der Waals surface area contributed by atoms with Gasteiger partial charge in [-0.25, -0.2) is 9.36 Å². The van der Waals surface area contributed by atoms with E-state index in [-0.39, 0.29) is 17.7 Å². The standard InChI is InChI=1S/C17H19N3O4/c1-19-14-4-2-3-12(14)15(21)20(17(19)24)11-7-5-10(6-8-11)9-13(18)16(22)23/h5-8,13H,2-4,9,18H2,1H3,(H,22,23). The van der Waals surface area contributed by atoms with E-state index in [1.54, 1.807) is 31.3 Å². The van der Waals surface area contributed by atoms with E-state index < -0.39 is 12.0 Å². The molecule has 0 saturated carbocycles. The van der Waals surface area contributed by atoms with Crippen molar-refractivity contribution >= 4 is 5.97 Å². The maximum Gasteiger partial charge on any atom is 0.335 e. The van der Waals surface area contributed by atoms with Crippen LogP contribution in [-0.4, -0.2) is 26.3 Å². The molecule has 0 bridgehead atoms. The molecule has 1 atom stereocenters. The number of carboxylic acids is 1. The molecule has 0 radical (unpaired) electrons. The summed E-state index contributed by atoms with van der Waals surface area (Å²) in [5.41, 5.74) is 7.63. The molecule has 1 aliphatic rings. The zero-order chi connectivity index (χ0) is 17.4. The van der Waals surface area contributed by atoms with Gasteiger partial charge in [0, 0.05) is 18.3 Å². The maximum atomic E-state index is 12.6. The fourth-order valence-electron chi connectivity index (χ4n) is 3.17. The lowest BCUT2D eigenvalue weighted by Crippen LogP contribution is -2.40. The van der Waals surface area contributed by atoms with Gasteiger partial charge >= 0.3 is 11.7 Å². The third-order valence-electron chi connectivity index (χ3n) is 4.50. The SMILES string of the molecule is Cn1c2c(c(=O)n(-c3ccc(CC(N)C(=O)O)cc3)c1=O)CCC2. The molecule has 0 spiro atoms. The zero-order valence-corrected chi connectivity index (χ0v) is 13.4. The average Bonchev–Trinajstić information content (AvgIpc) is 3.04. The summed E-state index contributed by atoms with van der Waals surface area (Å²) in [6.45, 7) is 0. The Hall–Kier alpha value is -2.67. The second-order valence-corrected chi connectivity index (χ2v) is 6.08. The third kappa shape index (κ3) is 2.67. The fraction of sp³-hybridized carbons (Fsp3) is 0.353. The molecule has 2 aromatic rings. The van der Waals surface area contributed by atoms with Crippen molar-refractivity contribution in [2.24, 2.45) is 12.8 Å². The minimum atomic E-state index is -1.07. The van der Waals surface area contributed by atoms with Gasteiger partial charge in [-0.1, -0.05) is 12.1 Å². The Morgan fingerprint density at radius 1 is 1.25 bits per heavy atom. The number of fused-ring (bicyclic) bond motifs is 1. The average molecular weight is 329 g/mol. The molecule has 3 rings (SSSR count). The molecule has 24 heavy (non-hydrogen) atoms. The van der Waals surface area contributed by atoms with E-state index in [9.17, 15) is 14.4 Å². The van der Waals surface area contributed by atoms with Crippen LogP contribution in [0.4, 0.5) is 0 Å². The minimum Gasteiger partial charge on any atom is -0.480 e. The number of rotatable bonds is 4. The molecular weight excluding hydrogens is 310 g/mol. The van der Waals surface area contributed by atoms with Gasteiger partial charge in [0.15, 0.2) is 0 Å². The quantitative estimate of drug-likeness (QED) is 0.820. The summed E-state index contributed by atoms with van der Waals surface area (Å²) < 4.78 is 2.71. The number of hydrogen-bond donors (Lipinski definition) is 2. The fourth-order valence-corrected chi connectivity index (χ4v) is 3.17. The molecular formula is C17H19N3O4. The van der Waals surface area contributed by atoms with Crippen LogP contribution in [0.1, 0.15) is 23.2 Å². The Bertz CT molecular complexity index is 909. The zero-order valence-electron chi connectivity index (χ0n) is 13.4. The molecule has 1 unspecified atom stereocenters. The molecule has 1 heterocycles. The summed E-state index contributed by atoms with van der Waals surface area (Å²) in [5, 5.41) is 8.85. The van der Waals surface area contributed by atoms with Crippen LogP contribution in [0.25, 0.3) is 5.69 Å². The van der Waals surface area contributed by atoms with E-state index in [0.717, 1.165) is 24.1 Å². The number of carboxylic acid groups (broad SMARTS) is 1. The van der Waals surface area contributed by atoms with Crippen molar-refractivity contribution in [1.82, 2.24) is 9.13 Å². The van der Waals surface area contributed by atoms with Crippen molar-refractivity contribution < 1.29 is 9.90 Å². The second kappa shape index (κ2) is 6.09. The lowest BCUT2D eigenvalue weighted by Gasteiger charge is -2.13. The molecule has 0 fully saturated rings. The van der Waals surface area contributed by atoms with Crippen molar-refractivity contribution in [3.63, 3.8) is 0 Å². The van der Waals surface area contributed by atoms with Gasteiger partial charge in [0.05, 0.1) is 5.69 Å². The lowest BCUT2D eigenvalue weighted by atomic mass is 10.1. The number of hydrogen-bond acceptors (Lipinski definition) is 4. The lowest BCUT2D eigenvalue weighted by molar-refractivity contribution is -0.138. The second-order valence-electron chi connectivity index (χ2n) is 6.08. The Labute approximate surface area is 138 Å². The predicted molar refractivity (Wildman–Crippen MR) is 88.6 cm³/mol. The van der Waals surface area contributed by atoms with Gasteiger partial charge in [0.25, 0.3) is 5.56 Å². The first kappa shape index (κ1) is 16.2. The van der Waals surface area contributed by atoms with Crippen LogP contribution in [0.5, 0.6) is 0 Å². The van der Waals surface area contributed by atoms with Crippen LogP contribution >= 0.6 is 0 Å².